The summed E-state index contributed by atoms with van der Waals surface area (Å²) in [7, 11) is 0. The zero-order chi connectivity index (χ0) is 84.2. The number of imidazole rings is 3. The first-order valence-corrected chi connectivity index (χ1v) is 40.0. The molecule has 2 aliphatic heterocycles. The number of rotatable bonds is 25. The second-order valence-corrected chi connectivity index (χ2v) is 38.9. The van der Waals surface area contributed by atoms with Crippen LogP contribution in [0.15, 0.2) is 49.8 Å². The highest BCUT2D eigenvalue weighted by atomic mass is 32.2. The summed E-state index contributed by atoms with van der Waals surface area (Å²) in [6.07, 6.45) is 20.0. The third-order valence-electron chi connectivity index (χ3n) is 20.1. The molecule has 2 fully saturated rings. The average Bonchev–Trinajstić information content (AvgIpc) is 1.64. The Balaban J connectivity index is 0. The van der Waals surface area contributed by atoms with Gasteiger partial charge in [0.1, 0.15) is 45.9 Å². The summed E-state index contributed by atoms with van der Waals surface area (Å²) >= 11 is 1.61. The van der Waals surface area contributed by atoms with E-state index in [0.29, 0.717) is 48.4 Å². The molecule has 6 heterocycles. The summed E-state index contributed by atoms with van der Waals surface area (Å²) in [5, 5.41) is 6.74. The fraction of sp³-hybridized carbons (Fsp3) is 0.744. The van der Waals surface area contributed by atoms with Crippen molar-refractivity contribution in [2.24, 2.45) is 78.8 Å². The number of hydrogen-bond acceptors (Lipinski definition) is 16. The van der Waals surface area contributed by atoms with Crippen molar-refractivity contribution in [1.29, 1.82) is 0 Å². The number of hydrogen-bond donors (Lipinski definition) is 4. The summed E-state index contributed by atoms with van der Waals surface area (Å²) < 4.78 is -0.238. The molecule has 20 nitrogen and oxygen atoms in total. The predicted molar refractivity (Wildman–Crippen MR) is 439 cm³/mol. The van der Waals surface area contributed by atoms with Crippen LogP contribution in [0.1, 0.15) is 291 Å². The Kier molecular flexibility index (Phi) is 42.1. The van der Waals surface area contributed by atoms with Gasteiger partial charge in [-0.15, -0.1) is 0 Å². The number of thioether (sulfide) groups is 1. The molecule has 0 spiro atoms. The minimum atomic E-state index is -0.817. The number of Topliss-reactive ketones (excluding diaryl/α,β-unsaturated/α-hetero) is 9. The number of nitrogens with one attached hydrogen (secondary N) is 4. The normalized spacial score (nSPS) is 16.1. The van der Waals surface area contributed by atoms with Crippen molar-refractivity contribution in [3.05, 3.63) is 72.6 Å². The maximum atomic E-state index is 12.4. The van der Waals surface area contributed by atoms with Gasteiger partial charge in [0.25, 0.3) is 0 Å². The molecule has 4 aromatic heterocycles. The quantitative estimate of drug-likeness (QED) is 0.0448. The smallest absolute Gasteiger partial charge is 0.236 e. The summed E-state index contributed by atoms with van der Waals surface area (Å²) in [5.74, 6) is 2.46. The Morgan fingerprint density at radius 2 is 0.981 bits per heavy atom. The minimum absolute atomic E-state index is 0.0185. The molecule has 4 aromatic rings. The number of likely N-dealkylation sites (tertiary alicyclic amines) is 2. The Morgan fingerprint density at radius 3 is 1.28 bits per heavy atom. The average molecular weight is 1520 g/mol. The van der Waals surface area contributed by atoms with Gasteiger partial charge in [-0.1, -0.05) is 187 Å². The molecular formula is C86H150N10O10S. The Labute approximate surface area is 652 Å². The van der Waals surface area contributed by atoms with Crippen LogP contribution in [0, 0.1) is 78.8 Å². The molecule has 610 valence electrons. The van der Waals surface area contributed by atoms with E-state index in [-0.39, 0.29) is 102 Å². The van der Waals surface area contributed by atoms with E-state index in [1.54, 1.807) is 75.0 Å². The molecule has 6 rings (SSSR count). The van der Waals surface area contributed by atoms with Crippen LogP contribution in [0.25, 0.3) is 0 Å². The first kappa shape index (κ1) is 103. The molecule has 2 aliphatic rings. The van der Waals surface area contributed by atoms with Crippen LogP contribution in [-0.4, -0.2) is 152 Å². The van der Waals surface area contributed by atoms with Crippen molar-refractivity contribution < 1.29 is 47.9 Å². The zero-order valence-corrected chi connectivity index (χ0v) is 74.6. The number of carbonyl (C=O) groups is 10. The van der Waals surface area contributed by atoms with Crippen molar-refractivity contribution in [3.63, 3.8) is 0 Å². The predicted octanol–water partition coefficient (Wildman–Crippen LogP) is 17.7. The molecule has 0 bridgehead atoms. The highest BCUT2D eigenvalue weighted by molar-refractivity contribution is 8.00. The molecule has 0 saturated carbocycles. The molecule has 0 radical (unpaired) electrons. The highest BCUT2D eigenvalue weighted by Gasteiger charge is 2.49. The van der Waals surface area contributed by atoms with E-state index < -0.39 is 16.2 Å². The van der Waals surface area contributed by atoms with Crippen molar-refractivity contribution in [2.75, 3.05) is 39.0 Å². The van der Waals surface area contributed by atoms with Crippen LogP contribution in [0.2, 0.25) is 0 Å². The van der Waals surface area contributed by atoms with Crippen LogP contribution in [-0.2, 0) is 72.6 Å². The van der Waals surface area contributed by atoms with Gasteiger partial charge in [0.2, 0.25) is 5.91 Å². The van der Waals surface area contributed by atoms with Gasteiger partial charge in [-0.3, -0.25) is 53.0 Å². The molecular weight excluding hydrogens is 1370 g/mol. The van der Waals surface area contributed by atoms with Gasteiger partial charge < -0.3 is 24.8 Å². The number of aromatic nitrogens is 8. The van der Waals surface area contributed by atoms with Gasteiger partial charge in [-0.05, 0) is 106 Å². The Bertz CT molecular complexity index is 3250. The molecule has 4 N–H and O–H groups in total. The molecule has 1 amide bonds. The fourth-order valence-corrected chi connectivity index (χ4v) is 12.9. The molecule has 0 aliphatic carbocycles. The summed E-state index contributed by atoms with van der Waals surface area (Å²) in [4.78, 5) is 143. The summed E-state index contributed by atoms with van der Waals surface area (Å²) in [6, 6.07) is 1.85. The summed E-state index contributed by atoms with van der Waals surface area (Å²) in [5.41, 5.74) is 0.737. The lowest BCUT2D eigenvalue weighted by molar-refractivity contribution is -0.145. The molecule has 107 heavy (non-hydrogen) atoms. The zero-order valence-electron chi connectivity index (χ0n) is 73.7. The van der Waals surface area contributed by atoms with E-state index in [1.807, 2.05) is 219 Å². The Hall–Kier alpha value is -6.35. The van der Waals surface area contributed by atoms with Crippen LogP contribution >= 0.6 is 11.8 Å². The van der Waals surface area contributed by atoms with E-state index in [4.69, 9.17) is 0 Å². The summed E-state index contributed by atoms with van der Waals surface area (Å²) in [6.45, 7) is 71.6. The number of amides is 1. The lowest BCUT2D eigenvalue weighted by atomic mass is 9.73. The molecule has 3 unspecified atom stereocenters. The number of nitrogens with zero attached hydrogens (tertiary/aromatic N) is 6. The SMILES string of the molecule is CC(=O)C(C)(C)C(=O)C(C)C.CC(C)(C)C(=O)C(C)(C)c1ccn[nH]1.CC(C)C(=O)C(C)Cc1cnc[nH]1.CC(C)C(=O)C1(C)CCN(CCc2cnc[nH]2)C1=O.CC(C)C(=O)C1CCN(CCc2cnc[nH]2)C1.CCC(C)(C)C(=O)C(C)(C)C.CCC(C)(C)C(=O)C(C)(C)C.CSC(C)(C)C(=O)C(C)(C)C. The maximum absolute atomic E-state index is 12.4. The van der Waals surface area contributed by atoms with E-state index in [0.717, 1.165) is 75.2 Å². The first-order chi connectivity index (χ1) is 48.4. The van der Waals surface area contributed by atoms with Gasteiger partial charge in [-0.2, -0.15) is 16.9 Å². The van der Waals surface area contributed by atoms with Crippen molar-refractivity contribution in [3.8, 4) is 0 Å². The monoisotopic (exact) mass is 1520 g/mol. The fourth-order valence-electron chi connectivity index (χ4n) is 12.4. The lowest BCUT2D eigenvalue weighted by Crippen LogP contribution is -2.40. The molecule has 21 heteroatoms. The van der Waals surface area contributed by atoms with Crippen molar-refractivity contribution in [1.82, 2.24) is 49.9 Å². The van der Waals surface area contributed by atoms with E-state index in [9.17, 15) is 47.9 Å². The van der Waals surface area contributed by atoms with E-state index in [1.165, 1.54) is 12.6 Å². The Morgan fingerprint density at radius 1 is 0.561 bits per heavy atom. The number of aromatic amines is 4. The number of carbonyl (C=O) groups excluding carboxylic acids is 10. The molecule has 2 saturated heterocycles. The van der Waals surface area contributed by atoms with Crippen LogP contribution in [0.4, 0.5) is 0 Å². The maximum Gasteiger partial charge on any atom is 0.236 e. The minimum Gasteiger partial charge on any atom is -0.348 e. The van der Waals surface area contributed by atoms with E-state index >= 15 is 0 Å². The standard InChI is InChI=1S/C14H21N3O2.C13H21N3O.C11H18N2O.C10H16N2O.2C10H20O.C9H16O2.C9H18OS/c1-10(2)12(18)14(3)5-7-17(13(14)19)6-4-11-8-15-9-16-11;1-10(2)13(17)11-3-5-16(8-11)6-4-12-7-14-9-15-12;1-10(2,3)9(14)11(4,5)8-6-7-12-13-8;1-7(2)10(13)8(3)4-9-5-11-6-12-9;2*1-7-10(5,6)8(11)9(2,3)4;1-6(2)8(11)9(4,5)7(3)10;1-8(2,3)7(10)9(4,5)11-6/h8-10H,4-7H2,1-3H3,(H,15,16);7,9-11H,3-6,8H2,1-2H3,(H,14,15);6-7H,1-5H3,(H,12,13);5-8H,4H2,1-3H3,(H,11,12);2*7H2,1-6H3;6H,1-5H3;1-6H3. The topological polar surface area (TPSA) is 292 Å². The molecule has 0 aromatic carbocycles. The van der Waals surface area contributed by atoms with Crippen LogP contribution < -0.4 is 0 Å². The third kappa shape index (κ3) is 34.6. The van der Waals surface area contributed by atoms with Gasteiger partial charge in [0.05, 0.1) is 34.6 Å². The van der Waals surface area contributed by atoms with Crippen molar-refractivity contribution in [2.45, 2.75) is 297 Å². The molecule has 3 atom stereocenters. The third-order valence-corrected chi connectivity index (χ3v) is 21.3. The van der Waals surface area contributed by atoms with Gasteiger partial charge in [0, 0.05) is 155 Å². The van der Waals surface area contributed by atoms with Crippen LogP contribution in [0.5, 0.6) is 0 Å². The largest absolute Gasteiger partial charge is 0.348 e. The van der Waals surface area contributed by atoms with Gasteiger partial charge in [-0.25, -0.2) is 15.0 Å². The highest BCUT2D eigenvalue weighted by Crippen LogP contribution is 2.37. The van der Waals surface area contributed by atoms with Gasteiger partial charge >= 0.3 is 0 Å². The van der Waals surface area contributed by atoms with E-state index in [2.05, 4.69) is 58.8 Å². The van der Waals surface area contributed by atoms with Crippen molar-refractivity contribution >= 4 is 69.7 Å². The number of ketones is 9. The van der Waals surface area contributed by atoms with Gasteiger partial charge in [0.15, 0.2) is 11.6 Å². The lowest BCUT2D eigenvalue weighted by Gasteiger charge is -2.29. The van der Waals surface area contributed by atoms with Crippen LogP contribution in [0.3, 0.4) is 0 Å². The second-order valence-electron chi connectivity index (χ2n) is 37.4. The number of H-pyrrole nitrogens is 4. The first-order valence-electron chi connectivity index (χ1n) is 38.8. The second kappa shape index (κ2) is 43.9.